The van der Waals surface area contributed by atoms with E-state index in [0.717, 1.165) is 48.8 Å². The van der Waals surface area contributed by atoms with Gasteiger partial charge in [-0.15, -0.1) is 0 Å². The third kappa shape index (κ3) is 4.14. The van der Waals surface area contributed by atoms with Gasteiger partial charge in [0.05, 0.1) is 6.54 Å². The van der Waals surface area contributed by atoms with Crippen molar-refractivity contribution in [3.05, 3.63) is 65.5 Å². The highest BCUT2D eigenvalue weighted by molar-refractivity contribution is 5.99. The van der Waals surface area contributed by atoms with E-state index in [9.17, 15) is 14.0 Å². The predicted octanol–water partition coefficient (Wildman–Crippen LogP) is 4.86. The molecule has 5 heteroatoms. The SMILES string of the molecule is O=C(c1ccc(-c2ccc(F)c3c2O[C@H](CNC(=O)[C@H]2CC=CCC2)C3)cc1)C1CC1. The van der Waals surface area contributed by atoms with Gasteiger partial charge in [0, 0.05) is 34.9 Å². The highest BCUT2D eigenvalue weighted by Crippen LogP contribution is 2.40. The Bertz CT molecular complexity index is 1040. The first-order valence-electron chi connectivity index (χ1n) is 11.2. The number of amides is 1. The van der Waals surface area contributed by atoms with Crippen LogP contribution in [-0.2, 0) is 11.2 Å². The number of allylic oxidation sites excluding steroid dienone is 2. The third-order valence-corrected chi connectivity index (χ3v) is 6.49. The van der Waals surface area contributed by atoms with Gasteiger partial charge in [-0.3, -0.25) is 9.59 Å². The molecule has 2 atom stereocenters. The van der Waals surface area contributed by atoms with Crippen LogP contribution in [-0.4, -0.2) is 24.3 Å². The van der Waals surface area contributed by atoms with Crippen molar-refractivity contribution in [2.75, 3.05) is 6.54 Å². The lowest BCUT2D eigenvalue weighted by molar-refractivity contribution is -0.125. The number of carbonyl (C=O) groups excluding carboxylic acids is 2. The Morgan fingerprint density at radius 2 is 1.81 bits per heavy atom. The highest BCUT2D eigenvalue weighted by Gasteiger charge is 2.31. The van der Waals surface area contributed by atoms with Gasteiger partial charge in [0.25, 0.3) is 0 Å². The first-order valence-corrected chi connectivity index (χ1v) is 11.2. The molecule has 0 unspecified atom stereocenters. The van der Waals surface area contributed by atoms with Crippen LogP contribution in [0.15, 0.2) is 48.6 Å². The van der Waals surface area contributed by atoms with E-state index in [-0.39, 0.29) is 35.4 Å². The minimum Gasteiger partial charge on any atom is -0.487 e. The fourth-order valence-corrected chi connectivity index (χ4v) is 4.49. The first kappa shape index (κ1) is 20.0. The molecule has 4 nitrogen and oxygen atoms in total. The lowest BCUT2D eigenvalue weighted by Crippen LogP contribution is -2.38. The van der Waals surface area contributed by atoms with E-state index in [1.54, 1.807) is 6.07 Å². The van der Waals surface area contributed by atoms with Crippen molar-refractivity contribution in [1.82, 2.24) is 5.32 Å². The van der Waals surface area contributed by atoms with Gasteiger partial charge in [-0.25, -0.2) is 4.39 Å². The molecule has 0 saturated heterocycles. The lowest BCUT2D eigenvalue weighted by Gasteiger charge is -2.19. The van der Waals surface area contributed by atoms with Crippen LogP contribution in [0, 0.1) is 17.7 Å². The summed E-state index contributed by atoms with van der Waals surface area (Å²) < 4.78 is 20.6. The van der Waals surface area contributed by atoms with Gasteiger partial charge in [-0.05, 0) is 49.8 Å². The topological polar surface area (TPSA) is 55.4 Å². The molecule has 160 valence electrons. The number of ether oxygens (including phenoxy) is 1. The molecule has 0 bridgehead atoms. The van der Waals surface area contributed by atoms with Crippen molar-refractivity contribution < 1.29 is 18.7 Å². The first-order chi connectivity index (χ1) is 15.1. The zero-order valence-corrected chi connectivity index (χ0v) is 17.4. The Morgan fingerprint density at radius 3 is 2.52 bits per heavy atom. The molecule has 3 aliphatic rings. The summed E-state index contributed by atoms with van der Waals surface area (Å²) in [5, 5.41) is 2.99. The Kier molecular flexibility index (Phi) is 5.34. The van der Waals surface area contributed by atoms with E-state index in [0.29, 0.717) is 24.3 Å². The standard InChI is InChI=1S/C26H26FNO3/c27-23-13-12-21(16-6-8-17(9-7-16)24(29)18-10-11-18)25-22(23)14-20(31-25)15-28-26(30)19-4-2-1-3-5-19/h1-2,6-9,12-13,18-20H,3-5,10-11,14-15H2,(H,28,30)/t19-,20-/m0/s1. The second-order valence-corrected chi connectivity index (χ2v) is 8.79. The van der Waals surface area contributed by atoms with Crippen LogP contribution >= 0.6 is 0 Å². The largest absolute Gasteiger partial charge is 0.487 e. The molecule has 0 spiro atoms. The number of hydrogen-bond donors (Lipinski definition) is 1. The molecule has 1 amide bonds. The van der Waals surface area contributed by atoms with Crippen LogP contribution in [0.1, 0.15) is 48.0 Å². The lowest BCUT2D eigenvalue weighted by atomic mass is 9.93. The fraction of sp³-hybridized carbons (Fsp3) is 0.385. The Morgan fingerprint density at radius 1 is 1.00 bits per heavy atom. The second-order valence-electron chi connectivity index (χ2n) is 8.79. The van der Waals surface area contributed by atoms with Crippen molar-refractivity contribution in [3.8, 4) is 16.9 Å². The van der Waals surface area contributed by atoms with Crippen molar-refractivity contribution >= 4 is 11.7 Å². The maximum atomic E-state index is 14.5. The number of halogens is 1. The van der Waals surface area contributed by atoms with Gasteiger partial charge in [-0.1, -0.05) is 36.4 Å². The molecule has 1 fully saturated rings. The van der Waals surface area contributed by atoms with Crippen molar-refractivity contribution in [1.29, 1.82) is 0 Å². The summed E-state index contributed by atoms with van der Waals surface area (Å²) in [5.74, 6) is 0.700. The van der Waals surface area contributed by atoms with Crippen molar-refractivity contribution in [3.63, 3.8) is 0 Å². The smallest absolute Gasteiger partial charge is 0.223 e. The number of ketones is 1. The molecule has 2 aromatic carbocycles. The quantitative estimate of drug-likeness (QED) is 0.537. The number of Topliss-reactive ketones (excluding diaryl/α,β-unsaturated/α-hetero) is 1. The summed E-state index contributed by atoms with van der Waals surface area (Å²) in [4.78, 5) is 24.7. The number of hydrogen-bond acceptors (Lipinski definition) is 3. The minimum absolute atomic E-state index is 0.0120. The minimum atomic E-state index is -0.288. The van der Waals surface area contributed by atoms with E-state index in [1.807, 2.05) is 24.3 Å². The van der Waals surface area contributed by atoms with Crippen molar-refractivity contribution in [2.45, 2.75) is 44.6 Å². The van der Waals surface area contributed by atoms with Gasteiger partial charge < -0.3 is 10.1 Å². The Balaban J connectivity index is 1.29. The van der Waals surface area contributed by atoms with E-state index in [1.165, 1.54) is 6.07 Å². The molecular weight excluding hydrogens is 393 g/mol. The molecular formula is C26H26FNO3. The van der Waals surface area contributed by atoms with Crippen molar-refractivity contribution in [2.24, 2.45) is 11.8 Å². The highest BCUT2D eigenvalue weighted by atomic mass is 19.1. The maximum Gasteiger partial charge on any atom is 0.223 e. The molecule has 1 N–H and O–H groups in total. The fourth-order valence-electron chi connectivity index (χ4n) is 4.49. The Hall–Kier alpha value is -2.95. The summed E-state index contributed by atoms with van der Waals surface area (Å²) in [6, 6.07) is 10.7. The number of rotatable bonds is 6. The van der Waals surface area contributed by atoms with Crippen LogP contribution in [0.2, 0.25) is 0 Å². The van der Waals surface area contributed by atoms with E-state index < -0.39 is 0 Å². The molecule has 1 saturated carbocycles. The van der Waals surface area contributed by atoms with Gasteiger partial charge in [0.15, 0.2) is 5.78 Å². The molecule has 1 aliphatic heterocycles. The van der Waals surface area contributed by atoms with Crippen LogP contribution < -0.4 is 10.1 Å². The van der Waals surface area contributed by atoms with E-state index >= 15 is 0 Å². The van der Waals surface area contributed by atoms with Gasteiger partial charge in [0.1, 0.15) is 17.7 Å². The normalized spacial score (nSPS) is 22.0. The van der Waals surface area contributed by atoms with Gasteiger partial charge in [0.2, 0.25) is 5.91 Å². The average Bonchev–Trinajstić information content (AvgIpc) is 3.57. The molecule has 1 heterocycles. The summed E-state index contributed by atoms with van der Waals surface area (Å²) >= 11 is 0. The van der Waals surface area contributed by atoms with Crippen LogP contribution in [0.3, 0.4) is 0 Å². The van der Waals surface area contributed by atoms with E-state index in [2.05, 4.69) is 17.5 Å². The molecule has 2 aliphatic carbocycles. The predicted molar refractivity (Wildman–Crippen MR) is 117 cm³/mol. The summed E-state index contributed by atoms with van der Waals surface area (Å²) in [6.07, 6.45) is 8.84. The maximum absolute atomic E-state index is 14.5. The molecule has 31 heavy (non-hydrogen) atoms. The van der Waals surface area contributed by atoms with Crippen LogP contribution in [0.25, 0.3) is 11.1 Å². The zero-order chi connectivity index (χ0) is 21.4. The monoisotopic (exact) mass is 419 g/mol. The van der Waals surface area contributed by atoms with Gasteiger partial charge in [-0.2, -0.15) is 0 Å². The summed E-state index contributed by atoms with van der Waals surface area (Å²) in [5.41, 5.74) is 2.98. The molecule has 0 radical (unpaired) electrons. The van der Waals surface area contributed by atoms with Crippen LogP contribution in [0.4, 0.5) is 4.39 Å². The number of benzene rings is 2. The molecule has 2 aromatic rings. The summed E-state index contributed by atoms with van der Waals surface area (Å²) in [7, 11) is 0. The molecule has 0 aromatic heterocycles. The third-order valence-electron chi connectivity index (χ3n) is 6.49. The number of nitrogens with one attached hydrogen (secondary N) is 1. The summed E-state index contributed by atoms with van der Waals surface area (Å²) in [6.45, 7) is 0.363. The number of fused-ring (bicyclic) bond motifs is 1. The van der Waals surface area contributed by atoms with E-state index in [4.69, 9.17) is 4.74 Å². The van der Waals surface area contributed by atoms with Crippen LogP contribution in [0.5, 0.6) is 5.75 Å². The van der Waals surface area contributed by atoms with Gasteiger partial charge >= 0.3 is 0 Å². The molecule has 5 rings (SSSR count). The number of carbonyl (C=O) groups is 2. The average molecular weight is 419 g/mol. The second kappa shape index (κ2) is 8.29. The zero-order valence-electron chi connectivity index (χ0n) is 17.4. The Labute approximate surface area is 181 Å².